The standard InChI is InChI=1S/C17H23NO3.ClH/c18-10-17-13-9-15(20)14(19)8-12(13)6-7-16(21-17)11-4-2-1-3-5-11;/h6-9,11,16-17,19-20H,1-5,10,18H2;1H. The van der Waals surface area contributed by atoms with Gasteiger partial charge in [-0.1, -0.05) is 31.4 Å². The molecule has 0 bridgehead atoms. The molecule has 0 amide bonds. The molecule has 1 heterocycles. The molecule has 1 fully saturated rings. The van der Waals surface area contributed by atoms with Gasteiger partial charge in [0.25, 0.3) is 0 Å². The molecule has 1 aromatic carbocycles. The number of aromatic hydroxyl groups is 2. The smallest absolute Gasteiger partial charge is 0.158 e. The first-order chi connectivity index (χ1) is 10.2. The van der Waals surface area contributed by atoms with Gasteiger partial charge in [0.05, 0.1) is 12.2 Å². The summed E-state index contributed by atoms with van der Waals surface area (Å²) in [5, 5.41) is 19.4. The third kappa shape index (κ3) is 3.40. The van der Waals surface area contributed by atoms with Crippen molar-refractivity contribution in [1.82, 2.24) is 0 Å². The molecule has 4 nitrogen and oxygen atoms in total. The van der Waals surface area contributed by atoms with E-state index in [0.29, 0.717) is 12.5 Å². The SMILES string of the molecule is Cl.NCC1OC(C2CCCCC2)C=Cc2cc(O)c(O)cc21. The topological polar surface area (TPSA) is 75.7 Å². The lowest BCUT2D eigenvalue weighted by atomic mass is 9.85. The Morgan fingerprint density at radius 2 is 1.77 bits per heavy atom. The van der Waals surface area contributed by atoms with Crippen LogP contribution in [0, 0.1) is 5.92 Å². The maximum Gasteiger partial charge on any atom is 0.158 e. The van der Waals surface area contributed by atoms with Crippen LogP contribution in [0.3, 0.4) is 0 Å². The number of hydrogen-bond donors (Lipinski definition) is 3. The van der Waals surface area contributed by atoms with Crippen molar-refractivity contribution in [1.29, 1.82) is 0 Å². The molecule has 2 aliphatic rings. The van der Waals surface area contributed by atoms with Gasteiger partial charge in [-0.05, 0) is 42.0 Å². The van der Waals surface area contributed by atoms with Gasteiger partial charge in [0, 0.05) is 6.54 Å². The Labute approximate surface area is 137 Å². The third-order valence-corrected chi connectivity index (χ3v) is 4.64. The first kappa shape index (κ1) is 17.1. The van der Waals surface area contributed by atoms with Crippen LogP contribution in [-0.2, 0) is 4.74 Å². The highest BCUT2D eigenvalue weighted by Gasteiger charge is 2.28. The van der Waals surface area contributed by atoms with Gasteiger partial charge >= 0.3 is 0 Å². The van der Waals surface area contributed by atoms with Gasteiger partial charge in [0.1, 0.15) is 0 Å². The molecule has 1 aromatic rings. The minimum Gasteiger partial charge on any atom is -0.504 e. The van der Waals surface area contributed by atoms with Gasteiger partial charge in [-0.25, -0.2) is 0 Å². The van der Waals surface area contributed by atoms with Gasteiger partial charge in [-0.2, -0.15) is 0 Å². The minimum absolute atomic E-state index is 0. The normalized spacial score (nSPS) is 25.1. The Morgan fingerprint density at radius 3 is 2.45 bits per heavy atom. The van der Waals surface area contributed by atoms with Gasteiger partial charge in [-0.3, -0.25) is 0 Å². The second-order valence-corrected chi connectivity index (χ2v) is 6.05. The van der Waals surface area contributed by atoms with Crippen LogP contribution in [0.15, 0.2) is 18.2 Å². The van der Waals surface area contributed by atoms with E-state index in [1.165, 1.54) is 32.1 Å². The van der Waals surface area contributed by atoms with E-state index in [-0.39, 0.29) is 36.1 Å². The van der Waals surface area contributed by atoms with Gasteiger partial charge in [0.2, 0.25) is 0 Å². The van der Waals surface area contributed by atoms with Crippen LogP contribution in [0.1, 0.15) is 49.3 Å². The largest absolute Gasteiger partial charge is 0.504 e. The summed E-state index contributed by atoms with van der Waals surface area (Å²) < 4.78 is 6.22. The Kier molecular flexibility index (Phi) is 5.73. The average Bonchev–Trinajstić information content (AvgIpc) is 2.68. The summed E-state index contributed by atoms with van der Waals surface area (Å²) in [6.07, 6.45) is 10.1. The zero-order valence-corrected chi connectivity index (χ0v) is 13.4. The quantitative estimate of drug-likeness (QED) is 0.727. The highest BCUT2D eigenvalue weighted by atomic mass is 35.5. The second kappa shape index (κ2) is 7.36. The zero-order valence-electron chi connectivity index (χ0n) is 12.6. The number of rotatable bonds is 2. The summed E-state index contributed by atoms with van der Waals surface area (Å²) in [5.74, 6) is 0.311. The Bertz CT molecular complexity index is 541. The molecule has 0 saturated heterocycles. The van der Waals surface area contributed by atoms with Crippen LogP contribution >= 0.6 is 12.4 Å². The molecule has 0 radical (unpaired) electrons. The van der Waals surface area contributed by atoms with Crippen molar-refractivity contribution in [3.05, 3.63) is 29.3 Å². The highest BCUT2D eigenvalue weighted by Crippen LogP contribution is 2.38. The van der Waals surface area contributed by atoms with Gasteiger partial charge in [0.15, 0.2) is 11.5 Å². The Balaban J connectivity index is 0.00000176. The third-order valence-electron chi connectivity index (χ3n) is 4.64. The maximum absolute atomic E-state index is 9.72. The molecular weight excluding hydrogens is 302 g/mol. The van der Waals surface area contributed by atoms with Crippen molar-refractivity contribution in [3.8, 4) is 11.5 Å². The number of phenolic OH excluding ortho intramolecular Hbond substituents is 2. The maximum atomic E-state index is 9.72. The van der Waals surface area contributed by atoms with Crippen molar-refractivity contribution in [2.45, 2.75) is 44.3 Å². The zero-order chi connectivity index (χ0) is 14.8. The first-order valence-electron chi connectivity index (χ1n) is 7.78. The molecule has 5 heteroatoms. The summed E-state index contributed by atoms with van der Waals surface area (Å²) in [4.78, 5) is 0. The Hall–Kier alpha value is -1.23. The lowest BCUT2D eigenvalue weighted by Crippen LogP contribution is -2.28. The lowest BCUT2D eigenvalue weighted by Gasteiger charge is -2.30. The van der Waals surface area contributed by atoms with Crippen molar-refractivity contribution in [3.63, 3.8) is 0 Å². The molecule has 4 N–H and O–H groups in total. The number of hydrogen-bond acceptors (Lipinski definition) is 4. The minimum atomic E-state index is -0.242. The fraction of sp³-hybridized carbons (Fsp3) is 0.529. The van der Waals surface area contributed by atoms with Crippen LogP contribution in [0.25, 0.3) is 6.08 Å². The van der Waals surface area contributed by atoms with Crippen LogP contribution in [0.2, 0.25) is 0 Å². The lowest BCUT2D eigenvalue weighted by molar-refractivity contribution is -0.0202. The molecule has 1 aliphatic carbocycles. The summed E-state index contributed by atoms with van der Waals surface area (Å²) in [7, 11) is 0. The number of halogens is 1. The molecule has 0 aromatic heterocycles. The number of phenols is 2. The first-order valence-corrected chi connectivity index (χ1v) is 7.78. The summed E-state index contributed by atoms with van der Waals surface area (Å²) in [6.45, 7) is 0.363. The van der Waals surface area contributed by atoms with Crippen molar-refractivity contribution < 1.29 is 14.9 Å². The number of benzene rings is 1. The van der Waals surface area contributed by atoms with E-state index in [9.17, 15) is 10.2 Å². The van der Waals surface area contributed by atoms with Crippen molar-refractivity contribution >= 4 is 18.5 Å². The molecule has 1 saturated carbocycles. The van der Waals surface area contributed by atoms with Gasteiger partial charge < -0.3 is 20.7 Å². The van der Waals surface area contributed by atoms with Crippen LogP contribution in [0.4, 0.5) is 0 Å². The fourth-order valence-corrected chi connectivity index (χ4v) is 3.45. The summed E-state index contributed by atoms with van der Waals surface area (Å²) >= 11 is 0. The van der Waals surface area contributed by atoms with E-state index in [2.05, 4.69) is 6.08 Å². The van der Waals surface area contributed by atoms with Gasteiger partial charge in [-0.15, -0.1) is 12.4 Å². The van der Waals surface area contributed by atoms with Crippen LogP contribution < -0.4 is 5.73 Å². The number of ether oxygens (including phenoxy) is 1. The predicted octanol–water partition coefficient (Wildman–Crippen LogP) is 3.51. The molecule has 3 rings (SSSR count). The van der Waals surface area contributed by atoms with E-state index in [4.69, 9.17) is 10.5 Å². The average molecular weight is 326 g/mol. The molecular formula is C17H24ClNO3. The highest BCUT2D eigenvalue weighted by molar-refractivity contribution is 5.85. The molecule has 1 aliphatic heterocycles. The van der Waals surface area contributed by atoms with Crippen LogP contribution in [0.5, 0.6) is 11.5 Å². The van der Waals surface area contributed by atoms with Crippen molar-refractivity contribution in [2.24, 2.45) is 11.7 Å². The van der Waals surface area contributed by atoms with E-state index in [1.54, 1.807) is 12.1 Å². The summed E-state index contributed by atoms with van der Waals surface area (Å²) in [6, 6.07) is 3.15. The molecule has 0 spiro atoms. The monoisotopic (exact) mass is 325 g/mol. The fourth-order valence-electron chi connectivity index (χ4n) is 3.45. The molecule has 122 valence electrons. The second-order valence-electron chi connectivity index (χ2n) is 6.05. The number of nitrogens with two attached hydrogens (primary N) is 1. The molecule has 2 unspecified atom stereocenters. The van der Waals surface area contributed by atoms with Crippen LogP contribution in [-0.4, -0.2) is 22.9 Å². The van der Waals surface area contributed by atoms with Crippen molar-refractivity contribution in [2.75, 3.05) is 6.54 Å². The Morgan fingerprint density at radius 1 is 1.09 bits per heavy atom. The number of fused-ring (bicyclic) bond motifs is 1. The van der Waals surface area contributed by atoms with E-state index in [0.717, 1.165) is 11.1 Å². The van der Waals surface area contributed by atoms with E-state index < -0.39 is 0 Å². The molecule has 2 atom stereocenters. The molecule has 22 heavy (non-hydrogen) atoms. The summed E-state index contributed by atoms with van der Waals surface area (Å²) in [5.41, 5.74) is 7.59. The van der Waals surface area contributed by atoms with E-state index in [1.807, 2.05) is 6.08 Å². The predicted molar refractivity (Wildman–Crippen MR) is 89.3 cm³/mol. The van der Waals surface area contributed by atoms with E-state index >= 15 is 0 Å².